The highest BCUT2D eigenvalue weighted by Gasteiger charge is 2.17. The SMILES string of the molecule is Fc1ccc(Nc2ncnc3cc(OC4CCOC4)ccc23)cc1Cl. The smallest absolute Gasteiger partial charge is 0.141 e. The second kappa shape index (κ2) is 6.82. The normalized spacial score (nSPS) is 17.0. The van der Waals surface area contributed by atoms with E-state index in [0.717, 1.165) is 29.7 Å². The minimum atomic E-state index is -0.461. The molecule has 5 nitrogen and oxygen atoms in total. The number of fused-ring (bicyclic) bond motifs is 1. The number of ether oxygens (including phenoxy) is 2. The second-order valence-corrected chi connectivity index (χ2v) is 6.17. The quantitative estimate of drug-likeness (QED) is 0.751. The molecule has 1 aromatic heterocycles. The minimum absolute atomic E-state index is 0.0535. The number of benzene rings is 2. The number of anilines is 2. The predicted octanol–water partition coefficient (Wildman–Crippen LogP) is 4.33. The Morgan fingerprint density at radius 2 is 2.12 bits per heavy atom. The summed E-state index contributed by atoms with van der Waals surface area (Å²) < 4.78 is 24.5. The van der Waals surface area contributed by atoms with Crippen LogP contribution >= 0.6 is 11.6 Å². The first-order valence-electron chi connectivity index (χ1n) is 7.90. The summed E-state index contributed by atoms with van der Waals surface area (Å²) in [6.07, 6.45) is 2.44. The van der Waals surface area contributed by atoms with Crippen LogP contribution in [0.3, 0.4) is 0 Å². The summed E-state index contributed by atoms with van der Waals surface area (Å²) in [5, 5.41) is 4.03. The van der Waals surface area contributed by atoms with Crippen molar-refractivity contribution in [3.63, 3.8) is 0 Å². The average Bonchev–Trinajstić information content (AvgIpc) is 3.11. The van der Waals surface area contributed by atoms with E-state index in [9.17, 15) is 4.39 Å². The van der Waals surface area contributed by atoms with Gasteiger partial charge in [-0.3, -0.25) is 0 Å². The van der Waals surface area contributed by atoms with Crippen molar-refractivity contribution in [2.45, 2.75) is 12.5 Å². The third-order valence-corrected chi connectivity index (χ3v) is 4.27. The second-order valence-electron chi connectivity index (χ2n) is 5.76. The third-order valence-electron chi connectivity index (χ3n) is 3.98. The molecule has 1 aliphatic heterocycles. The predicted molar refractivity (Wildman–Crippen MR) is 94.1 cm³/mol. The van der Waals surface area contributed by atoms with Crippen LogP contribution in [-0.2, 0) is 4.74 Å². The summed E-state index contributed by atoms with van der Waals surface area (Å²) in [6.45, 7) is 1.34. The fourth-order valence-electron chi connectivity index (χ4n) is 2.72. The molecule has 7 heteroatoms. The summed E-state index contributed by atoms with van der Waals surface area (Å²) >= 11 is 5.83. The van der Waals surface area contributed by atoms with Gasteiger partial charge in [-0.05, 0) is 30.3 Å². The van der Waals surface area contributed by atoms with Gasteiger partial charge < -0.3 is 14.8 Å². The average molecular weight is 360 g/mol. The first-order chi connectivity index (χ1) is 12.2. The Bertz CT molecular complexity index is 916. The van der Waals surface area contributed by atoms with E-state index in [2.05, 4.69) is 15.3 Å². The van der Waals surface area contributed by atoms with Crippen LogP contribution in [0.1, 0.15) is 6.42 Å². The van der Waals surface area contributed by atoms with Crippen LogP contribution in [0.4, 0.5) is 15.9 Å². The van der Waals surface area contributed by atoms with Crippen LogP contribution in [0.25, 0.3) is 10.9 Å². The maximum Gasteiger partial charge on any atom is 0.141 e. The lowest BCUT2D eigenvalue weighted by Gasteiger charge is -2.13. The van der Waals surface area contributed by atoms with Crippen LogP contribution < -0.4 is 10.1 Å². The first-order valence-corrected chi connectivity index (χ1v) is 8.28. The maximum absolute atomic E-state index is 13.3. The topological polar surface area (TPSA) is 56.3 Å². The Morgan fingerprint density at radius 3 is 2.92 bits per heavy atom. The molecular weight excluding hydrogens is 345 g/mol. The lowest BCUT2D eigenvalue weighted by atomic mass is 10.2. The van der Waals surface area contributed by atoms with Crippen molar-refractivity contribution in [3.8, 4) is 5.75 Å². The van der Waals surface area contributed by atoms with E-state index in [4.69, 9.17) is 21.1 Å². The molecule has 1 saturated heterocycles. The molecule has 0 radical (unpaired) electrons. The van der Waals surface area contributed by atoms with Gasteiger partial charge in [-0.25, -0.2) is 14.4 Å². The van der Waals surface area contributed by atoms with Gasteiger partial charge in [0.25, 0.3) is 0 Å². The fraction of sp³-hybridized carbons (Fsp3) is 0.222. The fourth-order valence-corrected chi connectivity index (χ4v) is 2.90. The largest absolute Gasteiger partial charge is 0.488 e. The van der Waals surface area contributed by atoms with Gasteiger partial charge in [0.05, 0.1) is 23.8 Å². The lowest BCUT2D eigenvalue weighted by molar-refractivity contribution is 0.141. The summed E-state index contributed by atoms with van der Waals surface area (Å²) in [4.78, 5) is 8.57. The first kappa shape index (κ1) is 16.1. The lowest BCUT2D eigenvalue weighted by Crippen LogP contribution is -2.15. The van der Waals surface area contributed by atoms with Crippen molar-refractivity contribution in [1.82, 2.24) is 9.97 Å². The molecule has 4 rings (SSSR count). The molecule has 2 heterocycles. The van der Waals surface area contributed by atoms with Gasteiger partial charge in [-0.1, -0.05) is 11.6 Å². The third kappa shape index (κ3) is 3.50. The molecule has 1 fully saturated rings. The Balaban J connectivity index is 1.61. The highest BCUT2D eigenvalue weighted by molar-refractivity contribution is 6.31. The monoisotopic (exact) mass is 359 g/mol. The van der Waals surface area contributed by atoms with Gasteiger partial charge >= 0.3 is 0 Å². The number of nitrogens with zero attached hydrogens (tertiary/aromatic N) is 2. The zero-order chi connectivity index (χ0) is 17.2. The zero-order valence-corrected chi connectivity index (χ0v) is 14.0. The van der Waals surface area contributed by atoms with E-state index in [1.54, 1.807) is 6.07 Å². The van der Waals surface area contributed by atoms with Gasteiger partial charge in [-0.15, -0.1) is 0 Å². The Kier molecular flexibility index (Phi) is 4.38. The van der Waals surface area contributed by atoms with Gasteiger partial charge in [0.15, 0.2) is 0 Å². The Labute approximate surface area is 148 Å². The maximum atomic E-state index is 13.3. The van der Waals surface area contributed by atoms with Crippen molar-refractivity contribution in [2.24, 2.45) is 0 Å². The minimum Gasteiger partial charge on any atom is -0.488 e. The zero-order valence-electron chi connectivity index (χ0n) is 13.2. The van der Waals surface area contributed by atoms with E-state index in [1.807, 2.05) is 18.2 Å². The molecule has 0 aliphatic carbocycles. The van der Waals surface area contributed by atoms with E-state index < -0.39 is 5.82 Å². The van der Waals surface area contributed by atoms with Crippen molar-refractivity contribution in [3.05, 3.63) is 53.6 Å². The summed E-state index contributed by atoms with van der Waals surface area (Å²) in [5.41, 5.74) is 1.40. The van der Waals surface area contributed by atoms with Crippen LogP contribution in [0, 0.1) is 5.82 Å². The molecule has 1 unspecified atom stereocenters. The number of nitrogens with one attached hydrogen (secondary N) is 1. The molecule has 0 amide bonds. The van der Waals surface area contributed by atoms with E-state index >= 15 is 0 Å². The van der Waals surface area contributed by atoms with E-state index in [0.29, 0.717) is 18.1 Å². The van der Waals surface area contributed by atoms with Gasteiger partial charge in [0.1, 0.15) is 29.8 Å². The number of hydrogen-bond acceptors (Lipinski definition) is 5. The molecule has 1 N–H and O–H groups in total. The summed E-state index contributed by atoms with van der Waals surface area (Å²) in [7, 11) is 0. The molecule has 0 saturated carbocycles. The molecule has 128 valence electrons. The van der Waals surface area contributed by atoms with Gasteiger partial charge in [-0.2, -0.15) is 0 Å². The molecule has 0 spiro atoms. The molecular formula is C18H15ClFN3O2. The van der Waals surface area contributed by atoms with E-state index in [-0.39, 0.29) is 11.1 Å². The Morgan fingerprint density at radius 1 is 1.20 bits per heavy atom. The van der Waals surface area contributed by atoms with Crippen LogP contribution in [0.15, 0.2) is 42.7 Å². The summed E-state index contributed by atoms with van der Waals surface area (Å²) in [5.74, 6) is 0.901. The van der Waals surface area contributed by atoms with Crippen LogP contribution in [0.5, 0.6) is 5.75 Å². The van der Waals surface area contributed by atoms with Crippen molar-refractivity contribution >= 4 is 34.0 Å². The number of rotatable bonds is 4. The highest BCUT2D eigenvalue weighted by Crippen LogP contribution is 2.28. The van der Waals surface area contributed by atoms with E-state index in [1.165, 1.54) is 18.5 Å². The Hall–Kier alpha value is -2.44. The van der Waals surface area contributed by atoms with Crippen molar-refractivity contribution < 1.29 is 13.9 Å². The van der Waals surface area contributed by atoms with Crippen molar-refractivity contribution in [2.75, 3.05) is 18.5 Å². The standard InChI is InChI=1S/C18H15ClFN3O2/c19-15-7-11(1-4-16(15)20)23-18-14-3-2-12(8-17(14)21-10-22-18)25-13-5-6-24-9-13/h1-4,7-8,10,13H,5-6,9H2,(H,21,22,23). The number of hydrogen-bond donors (Lipinski definition) is 1. The highest BCUT2D eigenvalue weighted by atomic mass is 35.5. The molecule has 2 aromatic carbocycles. The number of aromatic nitrogens is 2. The van der Waals surface area contributed by atoms with Crippen molar-refractivity contribution in [1.29, 1.82) is 0 Å². The number of halogens is 2. The molecule has 1 atom stereocenters. The van der Waals surface area contributed by atoms with Crippen LogP contribution in [0.2, 0.25) is 5.02 Å². The van der Waals surface area contributed by atoms with Gasteiger partial charge in [0.2, 0.25) is 0 Å². The molecule has 25 heavy (non-hydrogen) atoms. The molecule has 3 aromatic rings. The molecule has 0 bridgehead atoms. The molecule has 1 aliphatic rings. The summed E-state index contributed by atoms with van der Waals surface area (Å²) in [6, 6.07) is 10.1. The van der Waals surface area contributed by atoms with Crippen LogP contribution in [-0.4, -0.2) is 29.3 Å². The van der Waals surface area contributed by atoms with Gasteiger partial charge in [0, 0.05) is 23.6 Å².